The summed E-state index contributed by atoms with van der Waals surface area (Å²) in [5.41, 5.74) is 2.88. The molecular formula is C18H19N3O4S2. The van der Waals surface area contributed by atoms with Crippen LogP contribution < -0.4 is 5.32 Å². The summed E-state index contributed by atoms with van der Waals surface area (Å²) in [4.78, 5) is 19.7. The van der Waals surface area contributed by atoms with E-state index in [2.05, 4.69) is 15.5 Å². The van der Waals surface area contributed by atoms with Gasteiger partial charge in [0.2, 0.25) is 0 Å². The zero-order valence-electron chi connectivity index (χ0n) is 15.2. The maximum Gasteiger partial charge on any atom is 0.259 e. The molecule has 1 N–H and O–H groups in total. The van der Waals surface area contributed by atoms with E-state index in [4.69, 9.17) is 4.52 Å². The third-order valence-corrected chi connectivity index (χ3v) is 7.48. The van der Waals surface area contributed by atoms with E-state index >= 15 is 0 Å². The average Bonchev–Trinajstić information content (AvgIpc) is 3.24. The molecule has 0 bridgehead atoms. The van der Waals surface area contributed by atoms with Crippen LogP contribution in [-0.4, -0.2) is 42.0 Å². The number of nitrogens with zero attached hydrogens (tertiary/aromatic N) is 2. The summed E-state index contributed by atoms with van der Waals surface area (Å²) in [5.74, 6) is -0.249. The lowest BCUT2D eigenvalue weighted by Gasteiger charge is -2.12. The molecule has 0 saturated carbocycles. The number of carbonyl (C=O) groups excluding carboxylic acids is 1. The number of amides is 1. The first kappa shape index (κ1) is 18.1. The summed E-state index contributed by atoms with van der Waals surface area (Å²) >= 11 is 1.66. The van der Waals surface area contributed by atoms with Crippen LogP contribution >= 0.6 is 11.3 Å². The number of rotatable bonds is 3. The fourth-order valence-electron chi connectivity index (χ4n) is 3.47. The van der Waals surface area contributed by atoms with Gasteiger partial charge in [0.25, 0.3) is 11.6 Å². The molecule has 27 heavy (non-hydrogen) atoms. The standard InChI is InChI=1S/C18H19N3O4S2/c1-9-6-13(11(3)26-9)15-7-14(16-10(2)21-25-18(16)20-15)17(22)19-12-4-5-27(23,24)8-12/h6-7,12H,4-5,8H2,1-3H3,(H,19,22)/t12-/m1/s1. The normalized spacial score (nSPS) is 18.9. The molecule has 3 aromatic heterocycles. The molecule has 4 rings (SSSR count). The minimum Gasteiger partial charge on any atom is -0.348 e. The lowest BCUT2D eigenvalue weighted by molar-refractivity contribution is 0.0942. The van der Waals surface area contributed by atoms with Gasteiger partial charge in [0, 0.05) is 21.4 Å². The summed E-state index contributed by atoms with van der Waals surface area (Å²) in [7, 11) is -3.07. The lowest BCUT2D eigenvalue weighted by atomic mass is 10.0. The number of thiophene rings is 1. The molecule has 9 heteroatoms. The fraction of sp³-hybridized carbons (Fsp3) is 0.389. The molecule has 1 fully saturated rings. The van der Waals surface area contributed by atoms with Gasteiger partial charge in [-0.15, -0.1) is 11.3 Å². The van der Waals surface area contributed by atoms with Gasteiger partial charge in [0.1, 0.15) is 0 Å². The first-order valence-corrected chi connectivity index (χ1v) is 11.2. The van der Waals surface area contributed by atoms with Crippen molar-refractivity contribution in [3.05, 3.63) is 33.1 Å². The minimum atomic E-state index is -3.07. The predicted molar refractivity (Wildman–Crippen MR) is 104 cm³/mol. The van der Waals surface area contributed by atoms with Gasteiger partial charge in [0.15, 0.2) is 9.84 Å². The molecule has 1 aliphatic rings. The van der Waals surface area contributed by atoms with Crippen molar-refractivity contribution >= 4 is 38.2 Å². The highest BCUT2D eigenvalue weighted by Gasteiger charge is 2.30. The van der Waals surface area contributed by atoms with Crippen LogP contribution in [0.25, 0.3) is 22.4 Å². The van der Waals surface area contributed by atoms with E-state index in [1.807, 2.05) is 19.9 Å². The van der Waals surface area contributed by atoms with Gasteiger partial charge in [-0.2, -0.15) is 0 Å². The Morgan fingerprint density at radius 1 is 1.30 bits per heavy atom. The Bertz CT molecular complexity index is 1160. The molecule has 0 radical (unpaired) electrons. The van der Waals surface area contributed by atoms with Crippen molar-refractivity contribution < 1.29 is 17.7 Å². The number of nitrogens with one attached hydrogen (secondary N) is 1. The van der Waals surface area contributed by atoms with E-state index in [0.717, 1.165) is 15.3 Å². The molecule has 7 nitrogen and oxygen atoms in total. The van der Waals surface area contributed by atoms with E-state index in [0.29, 0.717) is 34.5 Å². The molecule has 0 aromatic carbocycles. The van der Waals surface area contributed by atoms with Crippen molar-refractivity contribution in [2.75, 3.05) is 11.5 Å². The Morgan fingerprint density at radius 3 is 2.70 bits per heavy atom. The zero-order chi connectivity index (χ0) is 19.3. The van der Waals surface area contributed by atoms with Crippen LogP contribution in [0.5, 0.6) is 0 Å². The number of hydrogen-bond acceptors (Lipinski definition) is 7. The Balaban J connectivity index is 1.77. The number of fused-ring (bicyclic) bond motifs is 1. The lowest BCUT2D eigenvalue weighted by Crippen LogP contribution is -2.35. The van der Waals surface area contributed by atoms with E-state index in [9.17, 15) is 13.2 Å². The van der Waals surface area contributed by atoms with E-state index < -0.39 is 9.84 Å². The number of carbonyl (C=O) groups is 1. The second-order valence-electron chi connectivity index (χ2n) is 6.90. The maximum absolute atomic E-state index is 12.9. The second-order valence-corrected chi connectivity index (χ2v) is 10.6. The third-order valence-electron chi connectivity index (χ3n) is 4.75. The van der Waals surface area contributed by atoms with E-state index in [1.165, 1.54) is 0 Å². The van der Waals surface area contributed by atoms with Crippen molar-refractivity contribution in [2.24, 2.45) is 0 Å². The van der Waals surface area contributed by atoms with Gasteiger partial charge >= 0.3 is 0 Å². The third kappa shape index (κ3) is 3.37. The Hall–Kier alpha value is -2.26. The monoisotopic (exact) mass is 405 g/mol. The molecule has 1 amide bonds. The maximum atomic E-state index is 12.9. The van der Waals surface area contributed by atoms with Crippen molar-refractivity contribution in [1.82, 2.24) is 15.5 Å². The number of pyridine rings is 1. The smallest absolute Gasteiger partial charge is 0.259 e. The average molecular weight is 406 g/mol. The largest absolute Gasteiger partial charge is 0.348 e. The Labute approximate surface area is 160 Å². The first-order valence-electron chi connectivity index (χ1n) is 8.59. The van der Waals surface area contributed by atoms with Crippen LogP contribution in [0.3, 0.4) is 0 Å². The highest BCUT2D eigenvalue weighted by atomic mass is 32.2. The summed E-state index contributed by atoms with van der Waals surface area (Å²) in [5, 5.41) is 7.35. The number of aromatic nitrogens is 2. The van der Waals surface area contributed by atoms with Gasteiger partial charge in [-0.3, -0.25) is 4.79 Å². The molecule has 0 spiro atoms. The number of hydrogen-bond donors (Lipinski definition) is 1. The predicted octanol–water partition coefficient (Wildman–Crippen LogP) is 2.79. The molecule has 1 atom stereocenters. The fourth-order valence-corrected chi connectivity index (χ4v) is 6.08. The summed E-state index contributed by atoms with van der Waals surface area (Å²) < 4.78 is 28.7. The molecule has 0 unspecified atom stereocenters. The van der Waals surface area contributed by atoms with Crippen molar-refractivity contribution in [3.8, 4) is 11.3 Å². The van der Waals surface area contributed by atoms with Crippen molar-refractivity contribution in [3.63, 3.8) is 0 Å². The van der Waals surface area contributed by atoms with Crippen LogP contribution in [0, 0.1) is 20.8 Å². The van der Waals surface area contributed by atoms with Crippen LogP contribution in [0.4, 0.5) is 0 Å². The van der Waals surface area contributed by atoms with Crippen LogP contribution in [0.1, 0.15) is 32.2 Å². The summed E-state index contributed by atoms with van der Waals surface area (Å²) in [6.45, 7) is 5.78. The van der Waals surface area contributed by atoms with Crippen LogP contribution in [0.2, 0.25) is 0 Å². The SMILES string of the molecule is Cc1cc(-c2cc(C(=O)N[C@@H]3CCS(=O)(=O)C3)c3c(C)noc3n2)c(C)s1. The van der Waals surface area contributed by atoms with Gasteiger partial charge in [0.05, 0.1) is 33.8 Å². The first-order chi connectivity index (χ1) is 12.7. The molecule has 0 aliphatic carbocycles. The van der Waals surface area contributed by atoms with E-state index in [1.54, 1.807) is 24.3 Å². The Morgan fingerprint density at radius 2 is 2.07 bits per heavy atom. The van der Waals surface area contributed by atoms with Gasteiger partial charge < -0.3 is 9.84 Å². The van der Waals surface area contributed by atoms with Gasteiger partial charge in [-0.05, 0) is 39.3 Å². The number of aryl methyl sites for hydroxylation is 3. The molecular weight excluding hydrogens is 386 g/mol. The summed E-state index contributed by atoms with van der Waals surface area (Å²) in [6, 6.07) is 3.39. The van der Waals surface area contributed by atoms with E-state index in [-0.39, 0.29) is 23.5 Å². The van der Waals surface area contributed by atoms with Crippen molar-refractivity contribution in [1.29, 1.82) is 0 Å². The topological polar surface area (TPSA) is 102 Å². The van der Waals surface area contributed by atoms with Crippen molar-refractivity contribution in [2.45, 2.75) is 33.2 Å². The molecule has 4 heterocycles. The van der Waals surface area contributed by atoms with Crippen LogP contribution in [-0.2, 0) is 9.84 Å². The minimum absolute atomic E-state index is 0.0225. The molecule has 1 aliphatic heterocycles. The molecule has 1 saturated heterocycles. The highest BCUT2D eigenvalue weighted by molar-refractivity contribution is 7.91. The van der Waals surface area contributed by atoms with Gasteiger partial charge in [-0.1, -0.05) is 5.16 Å². The quantitative estimate of drug-likeness (QED) is 0.719. The highest BCUT2D eigenvalue weighted by Crippen LogP contribution is 2.33. The van der Waals surface area contributed by atoms with Gasteiger partial charge in [-0.25, -0.2) is 13.4 Å². The molecule has 3 aromatic rings. The molecule has 142 valence electrons. The second kappa shape index (κ2) is 6.42. The number of sulfone groups is 1. The zero-order valence-corrected chi connectivity index (χ0v) is 16.8. The van der Waals surface area contributed by atoms with Crippen LogP contribution in [0.15, 0.2) is 16.7 Å². The Kier molecular flexibility index (Phi) is 4.31. The summed E-state index contributed by atoms with van der Waals surface area (Å²) in [6.07, 6.45) is 0.431.